The topological polar surface area (TPSA) is 99.6 Å². The molecule has 1 aromatic carbocycles. The molecule has 0 fully saturated rings. The second kappa shape index (κ2) is 10.3. The number of hydrogen-bond donors (Lipinski definition) is 1. The minimum atomic E-state index is -5.29. The summed E-state index contributed by atoms with van der Waals surface area (Å²) in [5.41, 5.74) is -3.45. The van der Waals surface area contributed by atoms with Crippen molar-refractivity contribution in [1.29, 1.82) is 0 Å². The lowest BCUT2D eigenvalue weighted by atomic mass is 10.1. The summed E-state index contributed by atoms with van der Waals surface area (Å²) in [6.07, 6.45) is -8.78. The predicted molar refractivity (Wildman–Crippen MR) is 111 cm³/mol. The standard InChI is InChI=1S/C22H14F7N3O5/c1-10(33)13-7-11(5-6-30-13)32-20(34)17-16(9-31-19(18(17)23)21(24,25)26)36-14-4-3-12(8-15(14)35-2)37-22(27,28)29/h3-9H,1-2H3,(H,30,32,34). The molecule has 2 heterocycles. The Bertz CT molecular complexity index is 1340. The molecule has 0 spiro atoms. The van der Waals surface area contributed by atoms with Crippen LogP contribution >= 0.6 is 0 Å². The van der Waals surface area contributed by atoms with E-state index >= 15 is 0 Å². The third kappa shape index (κ3) is 6.62. The summed E-state index contributed by atoms with van der Waals surface area (Å²) in [7, 11) is 1.04. The first-order chi connectivity index (χ1) is 17.2. The largest absolute Gasteiger partial charge is 0.573 e. The van der Waals surface area contributed by atoms with E-state index in [4.69, 9.17) is 9.47 Å². The Balaban J connectivity index is 2.05. The number of anilines is 1. The van der Waals surface area contributed by atoms with E-state index in [1.165, 1.54) is 13.0 Å². The average Bonchev–Trinajstić information content (AvgIpc) is 2.78. The summed E-state index contributed by atoms with van der Waals surface area (Å²) in [4.78, 5) is 31.1. The van der Waals surface area contributed by atoms with Crippen LogP contribution < -0.4 is 19.5 Å². The van der Waals surface area contributed by atoms with E-state index in [1.807, 2.05) is 0 Å². The number of benzene rings is 1. The zero-order valence-electron chi connectivity index (χ0n) is 18.6. The van der Waals surface area contributed by atoms with Crippen molar-refractivity contribution in [2.24, 2.45) is 0 Å². The van der Waals surface area contributed by atoms with Gasteiger partial charge in [0.2, 0.25) is 0 Å². The highest BCUT2D eigenvalue weighted by molar-refractivity contribution is 6.07. The second-order valence-corrected chi connectivity index (χ2v) is 7.06. The summed E-state index contributed by atoms with van der Waals surface area (Å²) >= 11 is 0. The van der Waals surface area contributed by atoms with Crippen molar-refractivity contribution in [2.45, 2.75) is 19.5 Å². The van der Waals surface area contributed by atoms with Gasteiger partial charge in [-0.3, -0.25) is 14.6 Å². The molecule has 2 aromatic heterocycles. The number of nitrogens with zero attached hydrogens (tertiary/aromatic N) is 2. The number of Topliss-reactive ketones (excluding diaryl/α,β-unsaturated/α-hetero) is 1. The Labute approximate surface area is 203 Å². The summed E-state index contributed by atoms with van der Waals surface area (Å²) in [5, 5.41) is 2.14. The number of carbonyl (C=O) groups excluding carboxylic acids is 2. The van der Waals surface area contributed by atoms with E-state index in [1.54, 1.807) is 0 Å². The monoisotopic (exact) mass is 533 g/mol. The summed E-state index contributed by atoms with van der Waals surface area (Å²) < 4.78 is 106. The number of ether oxygens (including phenoxy) is 3. The molecule has 0 atom stereocenters. The van der Waals surface area contributed by atoms with Crippen molar-refractivity contribution in [2.75, 3.05) is 12.4 Å². The van der Waals surface area contributed by atoms with Gasteiger partial charge < -0.3 is 19.5 Å². The summed E-state index contributed by atoms with van der Waals surface area (Å²) in [6.45, 7) is 1.18. The minimum Gasteiger partial charge on any atom is -0.493 e. The van der Waals surface area contributed by atoms with Gasteiger partial charge in [-0.05, 0) is 24.3 Å². The van der Waals surface area contributed by atoms with Crippen LogP contribution in [0.15, 0.2) is 42.7 Å². The lowest BCUT2D eigenvalue weighted by Gasteiger charge is -2.17. The van der Waals surface area contributed by atoms with Gasteiger partial charge in [0.25, 0.3) is 5.91 Å². The van der Waals surface area contributed by atoms with Gasteiger partial charge in [-0.25, -0.2) is 9.37 Å². The van der Waals surface area contributed by atoms with Crippen LogP contribution in [0, 0.1) is 5.82 Å². The van der Waals surface area contributed by atoms with E-state index < -0.39 is 64.3 Å². The second-order valence-electron chi connectivity index (χ2n) is 7.06. The van der Waals surface area contributed by atoms with Crippen molar-refractivity contribution >= 4 is 17.4 Å². The Kier molecular flexibility index (Phi) is 7.55. The van der Waals surface area contributed by atoms with Gasteiger partial charge in [-0.2, -0.15) is 13.2 Å². The highest BCUT2D eigenvalue weighted by Gasteiger charge is 2.39. The SMILES string of the molecule is COc1cc(OC(F)(F)F)ccc1Oc1cnc(C(F)(F)F)c(F)c1C(=O)Nc1ccnc(C(C)=O)c1. The minimum absolute atomic E-state index is 0.0913. The lowest BCUT2D eigenvalue weighted by Crippen LogP contribution is -2.20. The van der Waals surface area contributed by atoms with E-state index in [0.29, 0.717) is 6.20 Å². The first kappa shape index (κ1) is 27.2. The fourth-order valence-corrected chi connectivity index (χ4v) is 2.90. The first-order valence-corrected chi connectivity index (χ1v) is 9.85. The van der Waals surface area contributed by atoms with Gasteiger partial charge >= 0.3 is 12.5 Å². The summed E-state index contributed by atoms with van der Waals surface area (Å²) in [6, 6.07) is 4.72. The number of aromatic nitrogens is 2. The van der Waals surface area contributed by atoms with Crippen LogP contribution in [0.5, 0.6) is 23.0 Å². The molecule has 0 radical (unpaired) electrons. The number of pyridine rings is 2. The number of rotatable bonds is 7. The number of ketones is 1. The maximum atomic E-state index is 15.0. The predicted octanol–water partition coefficient (Wildman–Crippen LogP) is 5.79. The average molecular weight is 533 g/mol. The van der Waals surface area contributed by atoms with Crippen molar-refractivity contribution in [1.82, 2.24) is 9.97 Å². The fraction of sp³-hybridized carbons (Fsp3) is 0.182. The van der Waals surface area contributed by atoms with Crippen LogP contribution in [0.4, 0.5) is 36.4 Å². The normalized spacial score (nSPS) is 11.6. The van der Waals surface area contributed by atoms with Gasteiger partial charge in [0.1, 0.15) is 17.0 Å². The van der Waals surface area contributed by atoms with Gasteiger partial charge in [-0.15, -0.1) is 13.2 Å². The van der Waals surface area contributed by atoms with E-state index in [2.05, 4.69) is 20.0 Å². The van der Waals surface area contributed by atoms with Gasteiger partial charge in [-0.1, -0.05) is 0 Å². The Morgan fingerprint density at radius 2 is 1.65 bits per heavy atom. The third-order valence-corrected chi connectivity index (χ3v) is 4.45. The van der Waals surface area contributed by atoms with Crippen molar-refractivity contribution in [3.63, 3.8) is 0 Å². The van der Waals surface area contributed by atoms with Crippen LogP contribution in [-0.4, -0.2) is 35.1 Å². The molecule has 15 heteroatoms. The van der Waals surface area contributed by atoms with Crippen molar-refractivity contribution in [3.05, 3.63) is 65.5 Å². The molecule has 0 bridgehead atoms. The van der Waals surface area contributed by atoms with Crippen LogP contribution in [0.1, 0.15) is 33.5 Å². The molecule has 3 rings (SSSR count). The number of carbonyl (C=O) groups is 2. The fourth-order valence-electron chi connectivity index (χ4n) is 2.90. The maximum Gasteiger partial charge on any atom is 0.573 e. The molecular formula is C22H14F7N3O5. The molecule has 0 saturated heterocycles. The van der Waals surface area contributed by atoms with E-state index in [9.17, 15) is 40.3 Å². The molecular weight excluding hydrogens is 519 g/mol. The molecule has 0 aliphatic heterocycles. The summed E-state index contributed by atoms with van der Waals surface area (Å²) in [5.74, 6) is -6.34. The Morgan fingerprint density at radius 3 is 2.24 bits per heavy atom. The van der Waals surface area contributed by atoms with E-state index in [-0.39, 0.29) is 11.4 Å². The maximum absolute atomic E-state index is 15.0. The van der Waals surface area contributed by atoms with Crippen molar-refractivity contribution < 1.29 is 54.5 Å². The molecule has 1 amide bonds. The smallest absolute Gasteiger partial charge is 0.493 e. The van der Waals surface area contributed by atoms with Gasteiger partial charge in [0, 0.05) is 24.9 Å². The zero-order valence-corrected chi connectivity index (χ0v) is 18.6. The molecule has 196 valence electrons. The molecule has 0 aliphatic carbocycles. The number of alkyl halides is 6. The highest BCUT2D eigenvalue weighted by Crippen LogP contribution is 2.39. The lowest BCUT2D eigenvalue weighted by molar-refractivity contribution is -0.274. The highest BCUT2D eigenvalue weighted by atomic mass is 19.4. The number of halogens is 7. The zero-order chi connectivity index (χ0) is 27.5. The van der Waals surface area contributed by atoms with Crippen LogP contribution in [0.2, 0.25) is 0 Å². The van der Waals surface area contributed by atoms with Crippen LogP contribution in [0.3, 0.4) is 0 Å². The molecule has 3 aromatic rings. The molecule has 8 nitrogen and oxygen atoms in total. The van der Waals surface area contributed by atoms with Crippen molar-refractivity contribution in [3.8, 4) is 23.0 Å². The molecule has 37 heavy (non-hydrogen) atoms. The van der Waals surface area contributed by atoms with Crippen LogP contribution in [0.25, 0.3) is 0 Å². The Hall–Kier alpha value is -4.43. The van der Waals surface area contributed by atoms with E-state index in [0.717, 1.165) is 37.6 Å². The third-order valence-electron chi connectivity index (χ3n) is 4.45. The first-order valence-electron chi connectivity index (χ1n) is 9.85. The van der Waals surface area contributed by atoms with Crippen LogP contribution in [-0.2, 0) is 6.18 Å². The molecule has 0 saturated carbocycles. The number of amides is 1. The number of hydrogen-bond acceptors (Lipinski definition) is 7. The molecule has 0 unspecified atom stereocenters. The molecule has 1 N–H and O–H groups in total. The van der Waals surface area contributed by atoms with Gasteiger partial charge in [0.05, 0.1) is 13.3 Å². The quantitative estimate of drug-likeness (QED) is 0.303. The number of methoxy groups -OCH3 is 1. The van der Waals surface area contributed by atoms with Gasteiger partial charge in [0.15, 0.2) is 34.5 Å². The molecule has 0 aliphatic rings. The Morgan fingerprint density at radius 1 is 0.946 bits per heavy atom. The number of nitrogens with one attached hydrogen (secondary N) is 1.